The van der Waals surface area contributed by atoms with Crippen LogP contribution in [0.3, 0.4) is 0 Å². The highest BCUT2D eigenvalue weighted by atomic mass is 32.2. The number of alkyl halides is 1. The first-order chi connectivity index (χ1) is 14.5. The Labute approximate surface area is 180 Å². The smallest absolute Gasteiger partial charge is 0.338 e. The Balaban J connectivity index is 1.26. The van der Waals surface area contributed by atoms with Crippen molar-refractivity contribution in [2.75, 3.05) is 25.4 Å². The molecule has 0 unspecified atom stereocenters. The first-order valence-corrected chi connectivity index (χ1v) is 11.1. The number of carbonyl (C=O) groups excluding carboxylic acids is 1. The molecule has 30 heavy (non-hydrogen) atoms. The largest absolute Gasteiger partial charge is 0.457 e. The number of benzene rings is 1. The number of rotatable bonds is 6. The number of halogens is 1. The van der Waals surface area contributed by atoms with Gasteiger partial charge in [-0.15, -0.1) is 11.8 Å². The molecule has 2 aliphatic rings. The Morgan fingerprint density at radius 3 is 2.80 bits per heavy atom. The molecule has 1 aromatic carbocycles. The minimum Gasteiger partial charge on any atom is -0.457 e. The Hall–Kier alpha value is -2.43. The average Bonchev–Trinajstić information content (AvgIpc) is 3.15. The van der Waals surface area contributed by atoms with Crippen LogP contribution in [-0.4, -0.2) is 46.9 Å². The van der Waals surface area contributed by atoms with Gasteiger partial charge in [-0.05, 0) is 55.5 Å². The van der Waals surface area contributed by atoms with Gasteiger partial charge in [0.1, 0.15) is 18.3 Å². The summed E-state index contributed by atoms with van der Waals surface area (Å²) in [4.78, 5) is 18.2. The molecule has 1 saturated heterocycles. The summed E-state index contributed by atoms with van der Waals surface area (Å²) in [5.41, 5.74) is 3.39. The normalized spacial score (nSPS) is 18.0. The van der Waals surface area contributed by atoms with Crippen molar-refractivity contribution in [3.05, 3.63) is 58.3 Å². The quantitative estimate of drug-likeness (QED) is 0.513. The zero-order chi connectivity index (χ0) is 21.1. The molecule has 0 atom stereocenters. The molecule has 0 radical (unpaired) electrons. The molecule has 0 amide bonds. The standard InChI is InChI=1S/C23H24FN3O2S/c1-16-18(3-4-19-20(16)14-29-22(19)28)6-9-27-10-7-23(24,8-11-27)15-30-21-5-2-17(12-25)13-26-21/h2-5,13H,6-11,14-15H2,1H3. The predicted molar refractivity (Wildman–Crippen MR) is 113 cm³/mol. The zero-order valence-corrected chi connectivity index (χ0v) is 17.8. The van der Waals surface area contributed by atoms with Crippen molar-refractivity contribution in [1.29, 1.82) is 5.26 Å². The van der Waals surface area contributed by atoms with E-state index in [0.717, 1.165) is 42.2 Å². The summed E-state index contributed by atoms with van der Waals surface area (Å²) in [5, 5.41) is 9.58. The van der Waals surface area contributed by atoms with Gasteiger partial charge in [-0.25, -0.2) is 14.2 Å². The van der Waals surface area contributed by atoms with Crippen LogP contribution in [0.2, 0.25) is 0 Å². The molecule has 1 fully saturated rings. The van der Waals surface area contributed by atoms with E-state index in [2.05, 4.69) is 9.88 Å². The number of hydrogen-bond donors (Lipinski definition) is 0. The lowest BCUT2D eigenvalue weighted by molar-refractivity contribution is 0.0534. The lowest BCUT2D eigenvalue weighted by Gasteiger charge is -2.36. The number of aromatic nitrogens is 1. The third kappa shape index (κ3) is 4.50. The fourth-order valence-corrected chi connectivity index (χ4v) is 4.99. The summed E-state index contributed by atoms with van der Waals surface area (Å²) in [7, 11) is 0. The first kappa shape index (κ1) is 20.8. The topological polar surface area (TPSA) is 66.2 Å². The minimum atomic E-state index is -1.18. The highest BCUT2D eigenvalue weighted by Crippen LogP contribution is 2.33. The van der Waals surface area contributed by atoms with Crippen LogP contribution in [0.1, 0.15) is 45.5 Å². The van der Waals surface area contributed by atoms with E-state index in [0.29, 0.717) is 36.3 Å². The summed E-state index contributed by atoms with van der Waals surface area (Å²) < 4.78 is 20.3. The lowest BCUT2D eigenvalue weighted by atomic mass is 9.94. The van der Waals surface area contributed by atoms with Crippen LogP contribution >= 0.6 is 11.8 Å². The number of esters is 1. The van der Waals surface area contributed by atoms with E-state index in [9.17, 15) is 4.79 Å². The van der Waals surface area contributed by atoms with E-state index in [4.69, 9.17) is 10.00 Å². The molecule has 2 aliphatic heterocycles. The molecular weight excluding hydrogens is 401 g/mol. The molecule has 0 aliphatic carbocycles. The third-order valence-corrected chi connectivity index (χ3v) is 7.27. The number of cyclic esters (lactones) is 1. The van der Waals surface area contributed by atoms with E-state index in [1.165, 1.54) is 23.5 Å². The van der Waals surface area contributed by atoms with Crippen molar-refractivity contribution < 1.29 is 13.9 Å². The predicted octanol–water partition coefficient (Wildman–Crippen LogP) is 4.07. The number of nitriles is 1. The Kier molecular flexibility index (Phi) is 6.07. The second kappa shape index (κ2) is 8.75. The lowest BCUT2D eigenvalue weighted by Crippen LogP contribution is -2.43. The van der Waals surface area contributed by atoms with Crippen LogP contribution in [0.4, 0.5) is 4.39 Å². The number of piperidine rings is 1. The number of fused-ring (bicyclic) bond motifs is 1. The van der Waals surface area contributed by atoms with E-state index in [1.807, 2.05) is 25.1 Å². The molecule has 0 spiro atoms. The minimum absolute atomic E-state index is 0.232. The fraction of sp³-hybridized carbons (Fsp3) is 0.435. The van der Waals surface area contributed by atoms with Gasteiger partial charge in [0.05, 0.1) is 16.2 Å². The van der Waals surface area contributed by atoms with Crippen LogP contribution < -0.4 is 0 Å². The van der Waals surface area contributed by atoms with E-state index in [-0.39, 0.29) is 5.97 Å². The summed E-state index contributed by atoms with van der Waals surface area (Å²) in [5.74, 6) is 0.154. The zero-order valence-electron chi connectivity index (χ0n) is 17.0. The monoisotopic (exact) mass is 425 g/mol. The molecule has 2 aromatic rings. The van der Waals surface area contributed by atoms with Gasteiger partial charge in [-0.1, -0.05) is 6.07 Å². The molecule has 3 heterocycles. The van der Waals surface area contributed by atoms with E-state index < -0.39 is 5.67 Å². The number of hydrogen-bond acceptors (Lipinski definition) is 6. The number of nitrogens with zero attached hydrogens (tertiary/aromatic N) is 3. The summed E-state index contributed by atoms with van der Waals surface area (Å²) in [6.07, 6.45) is 3.44. The first-order valence-electron chi connectivity index (χ1n) is 10.2. The maximum Gasteiger partial charge on any atom is 0.338 e. The average molecular weight is 426 g/mol. The van der Waals surface area contributed by atoms with Crippen molar-refractivity contribution in [2.45, 2.75) is 43.5 Å². The highest BCUT2D eigenvalue weighted by Gasteiger charge is 2.34. The third-order valence-electron chi connectivity index (χ3n) is 6.07. The molecule has 4 rings (SSSR count). The van der Waals surface area contributed by atoms with Gasteiger partial charge >= 0.3 is 5.97 Å². The Bertz CT molecular complexity index is 979. The summed E-state index contributed by atoms with van der Waals surface area (Å²) in [6.45, 7) is 4.78. The Morgan fingerprint density at radius 2 is 2.10 bits per heavy atom. The van der Waals surface area contributed by atoms with Gasteiger partial charge in [0.25, 0.3) is 0 Å². The maximum absolute atomic E-state index is 15.2. The number of carbonyl (C=O) groups is 1. The fourth-order valence-electron chi connectivity index (χ4n) is 4.00. The van der Waals surface area contributed by atoms with Crippen LogP contribution in [-0.2, 0) is 17.8 Å². The van der Waals surface area contributed by atoms with Gasteiger partial charge in [-0.3, -0.25) is 0 Å². The van der Waals surface area contributed by atoms with E-state index in [1.54, 1.807) is 12.1 Å². The molecule has 7 heteroatoms. The second-order valence-electron chi connectivity index (χ2n) is 7.98. The molecule has 0 bridgehead atoms. The number of likely N-dealkylation sites (tertiary alicyclic amines) is 1. The van der Waals surface area contributed by atoms with Crippen molar-refractivity contribution >= 4 is 17.7 Å². The summed E-state index contributed by atoms with van der Waals surface area (Å²) in [6, 6.07) is 9.42. The summed E-state index contributed by atoms with van der Waals surface area (Å²) >= 11 is 1.42. The van der Waals surface area contributed by atoms with Crippen molar-refractivity contribution in [3.8, 4) is 6.07 Å². The van der Waals surface area contributed by atoms with Crippen LogP contribution in [0.25, 0.3) is 0 Å². The molecule has 5 nitrogen and oxygen atoms in total. The van der Waals surface area contributed by atoms with Crippen LogP contribution in [0.5, 0.6) is 0 Å². The van der Waals surface area contributed by atoms with Gasteiger partial charge in [0.2, 0.25) is 0 Å². The number of pyridine rings is 1. The second-order valence-corrected chi connectivity index (χ2v) is 8.98. The van der Waals surface area contributed by atoms with E-state index >= 15 is 4.39 Å². The molecule has 1 aromatic heterocycles. The number of thioether (sulfide) groups is 1. The SMILES string of the molecule is Cc1c(CCN2CCC(F)(CSc3ccc(C#N)cn3)CC2)ccc2c1COC2=O. The Morgan fingerprint density at radius 1 is 1.30 bits per heavy atom. The highest BCUT2D eigenvalue weighted by molar-refractivity contribution is 7.99. The van der Waals surface area contributed by atoms with Gasteiger partial charge in [0.15, 0.2) is 0 Å². The van der Waals surface area contributed by atoms with Crippen molar-refractivity contribution in [3.63, 3.8) is 0 Å². The van der Waals surface area contributed by atoms with Crippen molar-refractivity contribution in [2.24, 2.45) is 0 Å². The van der Waals surface area contributed by atoms with Gasteiger partial charge < -0.3 is 9.64 Å². The van der Waals surface area contributed by atoms with Gasteiger partial charge in [0, 0.05) is 37.1 Å². The molecule has 0 N–H and O–H groups in total. The van der Waals surface area contributed by atoms with Crippen LogP contribution in [0, 0.1) is 18.3 Å². The van der Waals surface area contributed by atoms with Gasteiger partial charge in [-0.2, -0.15) is 5.26 Å². The molecular formula is C23H24FN3O2S. The van der Waals surface area contributed by atoms with Crippen molar-refractivity contribution in [1.82, 2.24) is 9.88 Å². The maximum atomic E-state index is 15.2. The number of ether oxygens (including phenoxy) is 1. The molecule has 0 saturated carbocycles. The van der Waals surface area contributed by atoms with Crippen LogP contribution in [0.15, 0.2) is 35.5 Å². The molecule has 156 valence electrons.